The minimum atomic E-state index is -0.631. The van der Waals surface area contributed by atoms with Gasteiger partial charge in [0.15, 0.2) is 0 Å². The largest absolute Gasteiger partial charge is 0.394 e. The maximum atomic E-state index is 13.6. The molecule has 0 radical (unpaired) electrons. The van der Waals surface area contributed by atoms with Crippen molar-refractivity contribution in [3.8, 4) is 0 Å². The summed E-state index contributed by atoms with van der Waals surface area (Å²) in [6, 6.07) is 13.6. The van der Waals surface area contributed by atoms with Gasteiger partial charge in [-0.25, -0.2) is 4.39 Å². The summed E-state index contributed by atoms with van der Waals surface area (Å²) < 4.78 is 13.6. The third-order valence-electron chi connectivity index (χ3n) is 3.69. The van der Waals surface area contributed by atoms with Crippen LogP contribution in [0.3, 0.4) is 0 Å². The highest BCUT2D eigenvalue weighted by Gasteiger charge is 2.14. The number of aliphatic hydroxyl groups excluding tert-OH is 1. The lowest BCUT2D eigenvalue weighted by Crippen LogP contribution is -2.44. The summed E-state index contributed by atoms with van der Waals surface area (Å²) in [5.41, 5.74) is 2.47. The van der Waals surface area contributed by atoms with E-state index in [4.69, 9.17) is 0 Å². The van der Waals surface area contributed by atoms with Crippen LogP contribution in [0.4, 0.5) is 10.1 Å². The summed E-state index contributed by atoms with van der Waals surface area (Å²) in [5.74, 6) is -0.476. The van der Waals surface area contributed by atoms with E-state index in [2.05, 4.69) is 16.0 Å². The fourth-order valence-corrected chi connectivity index (χ4v) is 2.23. The Labute approximate surface area is 140 Å². The Hall–Kier alpha value is -2.44. The van der Waals surface area contributed by atoms with Crippen LogP contribution in [0.15, 0.2) is 48.5 Å². The highest BCUT2D eigenvalue weighted by molar-refractivity contribution is 5.81. The molecular formula is C18H22FN3O2. The summed E-state index contributed by atoms with van der Waals surface area (Å²) in [4.78, 5) is 11.5. The van der Waals surface area contributed by atoms with E-state index in [-0.39, 0.29) is 18.3 Å². The first-order valence-corrected chi connectivity index (χ1v) is 7.76. The van der Waals surface area contributed by atoms with Crippen LogP contribution in [0.1, 0.15) is 11.1 Å². The van der Waals surface area contributed by atoms with Gasteiger partial charge in [-0.05, 0) is 23.8 Å². The minimum Gasteiger partial charge on any atom is -0.394 e. The van der Waals surface area contributed by atoms with E-state index in [1.807, 2.05) is 24.3 Å². The molecule has 1 unspecified atom stereocenters. The molecule has 0 spiro atoms. The van der Waals surface area contributed by atoms with Gasteiger partial charge in [-0.2, -0.15) is 0 Å². The van der Waals surface area contributed by atoms with Crippen LogP contribution in [-0.4, -0.2) is 30.7 Å². The van der Waals surface area contributed by atoms with Crippen molar-refractivity contribution in [2.45, 2.75) is 19.1 Å². The number of hydrogen-bond donors (Lipinski definition) is 4. The predicted molar refractivity (Wildman–Crippen MR) is 91.9 cm³/mol. The predicted octanol–water partition coefficient (Wildman–Crippen LogP) is 1.63. The fourth-order valence-electron chi connectivity index (χ4n) is 2.23. The van der Waals surface area contributed by atoms with E-state index >= 15 is 0 Å². The van der Waals surface area contributed by atoms with Crippen molar-refractivity contribution in [3.05, 3.63) is 65.5 Å². The molecule has 0 aliphatic rings. The molecule has 0 aromatic heterocycles. The number of aliphatic hydroxyl groups is 1. The number of hydrogen-bond acceptors (Lipinski definition) is 4. The lowest BCUT2D eigenvalue weighted by molar-refractivity contribution is -0.123. The molecular weight excluding hydrogens is 309 g/mol. The van der Waals surface area contributed by atoms with Crippen molar-refractivity contribution in [2.75, 3.05) is 19.0 Å². The van der Waals surface area contributed by atoms with Gasteiger partial charge in [-0.15, -0.1) is 0 Å². The maximum Gasteiger partial charge on any atom is 0.239 e. The van der Waals surface area contributed by atoms with E-state index in [0.29, 0.717) is 18.7 Å². The lowest BCUT2D eigenvalue weighted by atomic mass is 10.1. The first kappa shape index (κ1) is 17.9. The van der Waals surface area contributed by atoms with Gasteiger partial charge in [0.25, 0.3) is 0 Å². The summed E-state index contributed by atoms with van der Waals surface area (Å²) in [7, 11) is 1.53. The van der Waals surface area contributed by atoms with Crippen LogP contribution < -0.4 is 16.0 Å². The molecule has 2 aromatic carbocycles. The van der Waals surface area contributed by atoms with Crippen molar-refractivity contribution in [1.29, 1.82) is 0 Å². The molecule has 6 heteroatoms. The van der Waals surface area contributed by atoms with Crippen LogP contribution in [-0.2, 0) is 17.9 Å². The number of carbonyl (C=O) groups is 1. The Balaban J connectivity index is 1.86. The lowest BCUT2D eigenvalue weighted by Gasteiger charge is -2.15. The number of halogens is 1. The quantitative estimate of drug-likeness (QED) is 0.593. The molecule has 128 valence electrons. The fraction of sp³-hybridized carbons (Fsp3) is 0.278. The molecule has 4 N–H and O–H groups in total. The summed E-state index contributed by atoms with van der Waals surface area (Å²) in [6.45, 7) is 0.613. The first-order chi connectivity index (χ1) is 11.6. The number of rotatable bonds is 8. The smallest absolute Gasteiger partial charge is 0.239 e. The number of likely N-dealkylation sites (N-methyl/N-ethyl adjacent to an activating group) is 1. The van der Waals surface area contributed by atoms with Crippen LogP contribution in [0.25, 0.3) is 0 Å². The molecule has 0 fully saturated rings. The molecule has 1 amide bonds. The summed E-state index contributed by atoms with van der Waals surface area (Å²) in [6.07, 6.45) is 0. The molecule has 0 aliphatic heterocycles. The number of anilines is 1. The molecule has 0 heterocycles. The van der Waals surface area contributed by atoms with E-state index in [0.717, 1.165) is 11.3 Å². The molecule has 2 aromatic rings. The molecule has 2 rings (SSSR count). The van der Waals surface area contributed by atoms with E-state index in [9.17, 15) is 14.3 Å². The van der Waals surface area contributed by atoms with Gasteiger partial charge < -0.3 is 15.7 Å². The van der Waals surface area contributed by atoms with E-state index in [1.165, 1.54) is 13.1 Å². The molecule has 1 atom stereocenters. The standard InChI is InChI=1S/C18H22FN3O2/c1-20-18(24)17(12-23)22-10-13-6-8-15(9-7-13)21-11-14-4-2-3-5-16(14)19/h2-9,17,21-23H,10-12H2,1H3,(H,20,24). The second-order valence-corrected chi connectivity index (χ2v) is 5.37. The van der Waals surface area contributed by atoms with Gasteiger partial charge in [0.2, 0.25) is 5.91 Å². The zero-order chi connectivity index (χ0) is 17.4. The maximum absolute atomic E-state index is 13.6. The number of benzene rings is 2. The van der Waals surface area contributed by atoms with Crippen molar-refractivity contribution in [1.82, 2.24) is 10.6 Å². The van der Waals surface area contributed by atoms with Crippen LogP contribution >= 0.6 is 0 Å². The average molecular weight is 331 g/mol. The Morgan fingerprint density at radius 3 is 2.46 bits per heavy atom. The molecule has 5 nitrogen and oxygen atoms in total. The van der Waals surface area contributed by atoms with Gasteiger partial charge in [0.1, 0.15) is 11.9 Å². The normalized spacial score (nSPS) is 11.8. The average Bonchev–Trinajstić information content (AvgIpc) is 2.62. The molecule has 0 saturated heterocycles. The van der Waals surface area contributed by atoms with Gasteiger partial charge >= 0.3 is 0 Å². The zero-order valence-corrected chi connectivity index (χ0v) is 13.6. The Morgan fingerprint density at radius 2 is 1.83 bits per heavy atom. The highest BCUT2D eigenvalue weighted by Crippen LogP contribution is 2.13. The van der Waals surface area contributed by atoms with Gasteiger partial charge in [-0.1, -0.05) is 30.3 Å². The Kier molecular flexibility index (Phi) is 6.72. The number of carbonyl (C=O) groups excluding carboxylic acids is 1. The van der Waals surface area contributed by atoms with E-state index < -0.39 is 6.04 Å². The van der Waals surface area contributed by atoms with Crippen LogP contribution in [0, 0.1) is 5.82 Å². The zero-order valence-electron chi connectivity index (χ0n) is 13.6. The number of amides is 1. The topological polar surface area (TPSA) is 73.4 Å². The number of nitrogens with one attached hydrogen (secondary N) is 3. The molecule has 0 saturated carbocycles. The minimum absolute atomic E-state index is 0.227. The SMILES string of the molecule is CNC(=O)C(CO)NCc1ccc(NCc2ccccc2F)cc1. The highest BCUT2D eigenvalue weighted by atomic mass is 19.1. The van der Waals surface area contributed by atoms with Gasteiger partial charge in [-0.3, -0.25) is 10.1 Å². The molecule has 24 heavy (non-hydrogen) atoms. The van der Waals surface area contributed by atoms with Crippen LogP contribution in [0.5, 0.6) is 0 Å². The van der Waals surface area contributed by atoms with Crippen molar-refractivity contribution < 1.29 is 14.3 Å². The second kappa shape index (κ2) is 9.00. The van der Waals surface area contributed by atoms with Crippen molar-refractivity contribution >= 4 is 11.6 Å². The van der Waals surface area contributed by atoms with Crippen molar-refractivity contribution in [2.24, 2.45) is 0 Å². The van der Waals surface area contributed by atoms with Gasteiger partial charge in [0, 0.05) is 31.4 Å². The summed E-state index contributed by atoms with van der Waals surface area (Å²) in [5, 5.41) is 17.8. The monoisotopic (exact) mass is 331 g/mol. The third-order valence-corrected chi connectivity index (χ3v) is 3.69. The van der Waals surface area contributed by atoms with Crippen LogP contribution in [0.2, 0.25) is 0 Å². The van der Waals surface area contributed by atoms with Crippen molar-refractivity contribution in [3.63, 3.8) is 0 Å². The van der Waals surface area contributed by atoms with Gasteiger partial charge in [0.05, 0.1) is 6.61 Å². The second-order valence-electron chi connectivity index (χ2n) is 5.37. The molecule has 0 aliphatic carbocycles. The molecule has 0 bridgehead atoms. The first-order valence-electron chi connectivity index (χ1n) is 7.76. The summed E-state index contributed by atoms with van der Waals surface area (Å²) >= 11 is 0. The van der Waals surface area contributed by atoms with E-state index in [1.54, 1.807) is 18.2 Å². The Bertz CT molecular complexity index is 662. The Morgan fingerprint density at radius 1 is 1.12 bits per heavy atom. The third kappa shape index (κ3) is 5.04.